The third kappa shape index (κ3) is 2.77. The maximum atomic E-state index is 13.3. The molecule has 5 rings (SSSR count). The number of hydrogen-bond donors (Lipinski definition) is 2. The first kappa shape index (κ1) is 16.4. The molecule has 1 unspecified atom stereocenters. The highest BCUT2D eigenvalue weighted by Crippen LogP contribution is 2.33. The summed E-state index contributed by atoms with van der Waals surface area (Å²) < 4.78 is 0. The van der Waals surface area contributed by atoms with Crippen molar-refractivity contribution in [2.45, 2.75) is 12.5 Å². The number of nitrogens with zero attached hydrogens (tertiary/aromatic N) is 4. The Kier molecular flexibility index (Phi) is 3.97. The molecule has 3 aromatic heterocycles. The maximum absolute atomic E-state index is 13.3. The highest BCUT2D eigenvalue weighted by Gasteiger charge is 2.35. The highest BCUT2D eigenvalue weighted by atomic mass is 16.2. The van der Waals surface area contributed by atoms with Crippen LogP contribution in [0, 0.1) is 0 Å². The highest BCUT2D eigenvalue weighted by molar-refractivity contribution is 5.94. The second-order valence-corrected chi connectivity index (χ2v) is 6.70. The van der Waals surface area contributed by atoms with Crippen molar-refractivity contribution < 1.29 is 4.79 Å². The van der Waals surface area contributed by atoms with Crippen LogP contribution < -0.4 is 0 Å². The number of amides is 1. The molecular weight excluding hydrogens is 352 g/mol. The zero-order valence-electron chi connectivity index (χ0n) is 15.0. The van der Waals surface area contributed by atoms with Crippen LogP contribution in [0.4, 0.5) is 0 Å². The molecule has 1 atom stereocenters. The number of rotatable bonds is 3. The quantitative estimate of drug-likeness (QED) is 0.580. The molecular formula is C21H18N6O. The summed E-state index contributed by atoms with van der Waals surface area (Å²) >= 11 is 0. The first-order valence-electron chi connectivity index (χ1n) is 9.16. The average molecular weight is 370 g/mol. The molecule has 7 heteroatoms. The van der Waals surface area contributed by atoms with Gasteiger partial charge >= 0.3 is 0 Å². The van der Waals surface area contributed by atoms with E-state index in [0.29, 0.717) is 12.2 Å². The normalized spacial score (nSPS) is 16.0. The smallest absolute Gasteiger partial charge is 0.272 e. The Balaban J connectivity index is 1.51. The average Bonchev–Trinajstić information content (AvgIpc) is 3.43. The van der Waals surface area contributed by atoms with Gasteiger partial charge in [-0.2, -0.15) is 5.10 Å². The Morgan fingerprint density at radius 2 is 1.93 bits per heavy atom. The number of carbonyl (C=O) groups excluding carboxylic acids is 1. The topological polar surface area (TPSA) is 90.6 Å². The number of carbonyl (C=O) groups is 1. The number of benzene rings is 1. The fourth-order valence-corrected chi connectivity index (χ4v) is 3.68. The van der Waals surface area contributed by atoms with Crippen molar-refractivity contribution in [2.24, 2.45) is 0 Å². The number of imidazole rings is 1. The van der Waals surface area contributed by atoms with Crippen molar-refractivity contribution in [1.82, 2.24) is 30.0 Å². The Hall–Kier alpha value is -3.74. The van der Waals surface area contributed by atoms with E-state index in [9.17, 15) is 4.79 Å². The Morgan fingerprint density at radius 3 is 2.75 bits per heavy atom. The molecule has 1 amide bonds. The third-order valence-corrected chi connectivity index (χ3v) is 5.03. The molecule has 1 aromatic carbocycles. The molecule has 28 heavy (non-hydrogen) atoms. The second kappa shape index (κ2) is 6.77. The zero-order valence-corrected chi connectivity index (χ0v) is 15.0. The van der Waals surface area contributed by atoms with Gasteiger partial charge in [0.25, 0.3) is 5.91 Å². The third-order valence-electron chi connectivity index (χ3n) is 5.03. The number of hydrogen-bond acceptors (Lipinski definition) is 4. The van der Waals surface area contributed by atoms with Crippen LogP contribution in [0.1, 0.15) is 33.6 Å². The predicted octanol–water partition coefficient (Wildman–Crippen LogP) is 2.98. The summed E-state index contributed by atoms with van der Waals surface area (Å²) in [7, 11) is 0. The van der Waals surface area contributed by atoms with E-state index in [-0.39, 0.29) is 11.9 Å². The summed E-state index contributed by atoms with van der Waals surface area (Å²) in [6.45, 7) is 0.578. The first-order chi connectivity index (χ1) is 13.8. The second-order valence-electron chi connectivity index (χ2n) is 6.70. The van der Waals surface area contributed by atoms with Crippen LogP contribution in [0.2, 0.25) is 0 Å². The minimum atomic E-state index is -0.327. The lowest BCUT2D eigenvalue weighted by molar-refractivity contribution is 0.0681. The molecule has 0 radical (unpaired) electrons. The monoisotopic (exact) mass is 370 g/mol. The lowest BCUT2D eigenvalue weighted by Gasteiger charge is -2.34. The number of fused-ring (bicyclic) bond motifs is 1. The maximum Gasteiger partial charge on any atom is 0.272 e. The van der Waals surface area contributed by atoms with Crippen molar-refractivity contribution in [3.05, 3.63) is 89.9 Å². The van der Waals surface area contributed by atoms with Crippen LogP contribution in [0.3, 0.4) is 0 Å². The molecule has 4 heterocycles. The largest absolute Gasteiger partial charge is 0.348 e. The van der Waals surface area contributed by atoms with E-state index in [2.05, 4.69) is 25.1 Å². The van der Waals surface area contributed by atoms with Crippen molar-refractivity contribution in [1.29, 1.82) is 0 Å². The minimum Gasteiger partial charge on any atom is -0.348 e. The lowest BCUT2D eigenvalue weighted by Crippen LogP contribution is -2.41. The summed E-state index contributed by atoms with van der Waals surface area (Å²) in [5, 5.41) is 7.23. The van der Waals surface area contributed by atoms with Gasteiger partial charge in [-0.1, -0.05) is 36.4 Å². The molecule has 0 saturated heterocycles. The van der Waals surface area contributed by atoms with Gasteiger partial charge in [0.2, 0.25) is 0 Å². The van der Waals surface area contributed by atoms with Crippen molar-refractivity contribution in [3.63, 3.8) is 0 Å². The summed E-state index contributed by atoms with van der Waals surface area (Å²) in [4.78, 5) is 27.3. The zero-order chi connectivity index (χ0) is 18.9. The van der Waals surface area contributed by atoms with E-state index < -0.39 is 0 Å². The van der Waals surface area contributed by atoms with Crippen LogP contribution in [0.15, 0.2) is 67.1 Å². The Bertz CT molecular complexity index is 1100. The van der Waals surface area contributed by atoms with Gasteiger partial charge in [-0.3, -0.25) is 14.9 Å². The van der Waals surface area contributed by atoms with Gasteiger partial charge in [0.05, 0.1) is 23.4 Å². The van der Waals surface area contributed by atoms with Crippen molar-refractivity contribution >= 4 is 5.91 Å². The van der Waals surface area contributed by atoms with E-state index >= 15 is 0 Å². The van der Waals surface area contributed by atoms with Crippen LogP contribution in [0.5, 0.6) is 0 Å². The predicted molar refractivity (Wildman–Crippen MR) is 103 cm³/mol. The van der Waals surface area contributed by atoms with Gasteiger partial charge in [0.1, 0.15) is 11.7 Å². The van der Waals surface area contributed by atoms with Gasteiger partial charge < -0.3 is 9.88 Å². The van der Waals surface area contributed by atoms with Gasteiger partial charge in [0, 0.05) is 30.4 Å². The molecule has 0 spiro atoms. The van der Waals surface area contributed by atoms with Gasteiger partial charge in [-0.05, 0) is 18.2 Å². The SMILES string of the molecule is O=C(c1cc(-c2ccccc2)n[nH]1)N1CCc2[nH]cnc2C1c1ccccn1. The van der Waals surface area contributed by atoms with Crippen LogP contribution in [0.25, 0.3) is 11.3 Å². The summed E-state index contributed by atoms with van der Waals surface area (Å²) in [5.41, 5.74) is 4.86. The van der Waals surface area contributed by atoms with Crippen LogP contribution in [-0.2, 0) is 6.42 Å². The van der Waals surface area contributed by atoms with Crippen molar-refractivity contribution in [2.75, 3.05) is 6.54 Å². The Morgan fingerprint density at radius 1 is 1.07 bits per heavy atom. The number of aromatic nitrogens is 5. The molecule has 0 fully saturated rings. The first-order valence-corrected chi connectivity index (χ1v) is 9.16. The van der Waals surface area contributed by atoms with Crippen LogP contribution in [-0.4, -0.2) is 42.5 Å². The minimum absolute atomic E-state index is 0.112. The molecule has 0 aliphatic carbocycles. The standard InChI is InChI=1S/C21H18N6O/c28-21(18-12-17(25-26-18)14-6-2-1-3-7-14)27-11-9-15-19(24-13-23-15)20(27)16-8-4-5-10-22-16/h1-8,10,12-13,20H,9,11H2,(H,23,24)(H,25,26). The van der Waals surface area contributed by atoms with Gasteiger partial charge in [-0.15, -0.1) is 0 Å². The summed E-state index contributed by atoms with van der Waals surface area (Å²) in [5.74, 6) is -0.112. The van der Waals surface area contributed by atoms with E-state index in [1.165, 1.54) is 0 Å². The Labute approximate surface area is 161 Å². The molecule has 4 aromatic rings. The molecule has 1 aliphatic heterocycles. The summed E-state index contributed by atoms with van der Waals surface area (Å²) in [6, 6.07) is 17.0. The summed E-state index contributed by atoms with van der Waals surface area (Å²) in [6.07, 6.45) is 4.14. The molecule has 2 N–H and O–H groups in total. The molecule has 0 bridgehead atoms. The fraction of sp³-hybridized carbons (Fsp3) is 0.143. The van der Waals surface area contributed by atoms with Crippen LogP contribution >= 0.6 is 0 Å². The molecule has 138 valence electrons. The van der Waals surface area contributed by atoms with Gasteiger partial charge in [0.15, 0.2) is 0 Å². The number of aromatic amines is 2. The number of pyridine rings is 1. The number of H-pyrrole nitrogens is 2. The molecule has 0 saturated carbocycles. The van der Waals surface area contributed by atoms with E-state index in [1.54, 1.807) is 18.6 Å². The van der Waals surface area contributed by atoms with E-state index in [1.807, 2.05) is 53.4 Å². The van der Waals surface area contributed by atoms with E-state index in [4.69, 9.17) is 0 Å². The fourth-order valence-electron chi connectivity index (χ4n) is 3.68. The molecule has 7 nitrogen and oxygen atoms in total. The molecule has 1 aliphatic rings. The van der Waals surface area contributed by atoms with E-state index in [0.717, 1.165) is 34.8 Å². The van der Waals surface area contributed by atoms with Gasteiger partial charge in [-0.25, -0.2) is 4.98 Å². The van der Waals surface area contributed by atoms with Crippen molar-refractivity contribution in [3.8, 4) is 11.3 Å². The number of nitrogens with one attached hydrogen (secondary N) is 2. The lowest BCUT2D eigenvalue weighted by atomic mass is 9.98.